The van der Waals surface area contributed by atoms with Crippen LogP contribution in [0.4, 0.5) is 0 Å². The van der Waals surface area contributed by atoms with Crippen LogP contribution in [0.3, 0.4) is 0 Å². The van der Waals surface area contributed by atoms with Gasteiger partial charge >= 0.3 is 0 Å². The lowest BCUT2D eigenvalue weighted by atomic mass is 9.69. The second kappa shape index (κ2) is 6.37. The lowest BCUT2D eigenvalue weighted by molar-refractivity contribution is 0.463. The van der Waals surface area contributed by atoms with E-state index in [-0.39, 0.29) is 27.1 Å². The van der Waals surface area contributed by atoms with Crippen LogP contribution >= 0.6 is 0 Å². The van der Waals surface area contributed by atoms with E-state index >= 15 is 0 Å². The summed E-state index contributed by atoms with van der Waals surface area (Å²) in [6.45, 7) is 16.4. The minimum absolute atomic E-state index is 0.155. The molecule has 1 N–H and O–H groups in total. The number of nitriles is 2. The third-order valence-corrected chi connectivity index (χ3v) is 5.11. The molecule has 5 nitrogen and oxygen atoms in total. The molecule has 6 heteroatoms. The molecule has 0 aliphatic rings. The molecule has 0 aromatic heterocycles. The van der Waals surface area contributed by atoms with Crippen molar-refractivity contribution in [2.24, 2.45) is 0 Å². The molecule has 0 aliphatic carbocycles. The van der Waals surface area contributed by atoms with Crippen molar-refractivity contribution in [2.45, 2.75) is 83.5 Å². The number of rotatable bonds is 1. The SMILES string of the molecule is CC(C)(C)c1c(C#N)c(C(C)(C)C)c(S(=O)(=O)O)c(C(C)(C)C)c1C#N. The fourth-order valence-corrected chi connectivity index (χ4v) is 4.72. The molecule has 0 amide bonds. The summed E-state index contributed by atoms with van der Waals surface area (Å²) in [6.07, 6.45) is 0. The highest BCUT2D eigenvalue weighted by atomic mass is 32.2. The van der Waals surface area contributed by atoms with Crippen LogP contribution in [0.15, 0.2) is 4.90 Å². The van der Waals surface area contributed by atoms with E-state index in [2.05, 4.69) is 12.1 Å². The molecule has 0 atom stereocenters. The number of hydrogen-bond acceptors (Lipinski definition) is 4. The highest BCUT2D eigenvalue weighted by molar-refractivity contribution is 7.86. The van der Waals surface area contributed by atoms with E-state index in [1.165, 1.54) is 0 Å². The van der Waals surface area contributed by atoms with Crippen molar-refractivity contribution in [2.75, 3.05) is 0 Å². The molecule has 0 heterocycles. The molecule has 1 rings (SSSR count). The monoisotopic (exact) mass is 376 g/mol. The van der Waals surface area contributed by atoms with Crippen LogP contribution in [0.2, 0.25) is 0 Å². The molecule has 142 valence electrons. The van der Waals surface area contributed by atoms with E-state index in [1.807, 2.05) is 20.8 Å². The Kier molecular flexibility index (Phi) is 5.43. The van der Waals surface area contributed by atoms with Crippen LogP contribution < -0.4 is 0 Å². The molecular formula is C20H28N2O3S. The summed E-state index contributed by atoms with van der Waals surface area (Å²) in [6, 6.07) is 4.23. The summed E-state index contributed by atoms with van der Waals surface area (Å²) in [4.78, 5) is -0.307. The van der Waals surface area contributed by atoms with Gasteiger partial charge in [-0.25, -0.2) is 0 Å². The second-order valence-electron chi connectivity index (χ2n) is 9.65. The molecule has 1 aromatic rings. The molecule has 0 radical (unpaired) electrons. The fraction of sp³-hybridized carbons (Fsp3) is 0.600. The van der Waals surface area contributed by atoms with Crippen LogP contribution in [0.25, 0.3) is 0 Å². The Morgan fingerprint density at radius 3 is 1.12 bits per heavy atom. The van der Waals surface area contributed by atoms with Crippen molar-refractivity contribution in [1.29, 1.82) is 10.5 Å². The van der Waals surface area contributed by atoms with Crippen molar-refractivity contribution in [3.8, 4) is 12.1 Å². The van der Waals surface area contributed by atoms with E-state index < -0.39 is 26.4 Å². The van der Waals surface area contributed by atoms with Gasteiger partial charge in [0.1, 0.15) is 4.90 Å². The Morgan fingerprint density at radius 2 is 0.962 bits per heavy atom. The van der Waals surface area contributed by atoms with Crippen molar-refractivity contribution in [1.82, 2.24) is 0 Å². The first-order valence-electron chi connectivity index (χ1n) is 8.42. The zero-order chi connectivity index (χ0) is 20.9. The van der Waals surface area contributed by atoms with Crippen molar-refractivity contribution >= 4 is 10.1 Å². The minimum atomic E-state index is -4.66. The summed E-state index contributed by atoms with van der Waals surface area (Å²) >= 11 is 0. The summed E-state index contributed by atoms with van der Waals surface area (Å²) in [5.41, 5.74) is -0.677. The standard InChI is InChI=1S/C20H28N2O3S/c1-18(2,3)14-12(10-21)15(19(4,5)6)17(26(23,24)25)16(13(14)11-22)20(7,8)9/h1-9H3,(H,23,24,25). The second-order valence-corrected chi connectivity index (χ2v) is 11.0. The average Bonchev–Trinajstić information content (AvgIpc) is 2.39. The number of hydrogen-bond donors (Lipinski definition) is 1. The van der Waals surface area contributed by atoms with Gasteiger partial charge in [-0.15, -0.1) is 0 Å². The molecule has 1 aromatic carbocycles. The zero-order valence-electron chi connectivity index (χ0n) is 17.1. The Bertz CT molecular complexity index is 871. The number of nitrogens with zero attached hydrogens (tertiary/aromatic N) is 2. The van der Waals surface area contributed by atoms with Crippen LogP contribution in [0, 0.1) is 22.7 Å². The van der Waals surface area contributed by atoms with Gasteiger partial charge in [0, 0.05) is 0 Å². The van der Waals surface area contributed by atoms with Gasteiger partial charge in [0.2, 0.25) is 0 Å². The van der Waals surface area contributed by atoms with Gasteiger partial charge in [-0.2, -0.15) is 18.9 Å². The first-order valence-corrected chi connectivity index (χ1v) is 9.86. The highest BCUT2D eigenvalue weighted by Crippen LogP contribution is 2.45. The van der Waals surface area contributed by atoms with E-state index in [0.29, 0.717) is 5.56 Å². The Labute approximate surface area is 157 Å². The van der Waals surface area contributed by atoms with Crippen LogP contribution in [0.5, 0.6) is 0 Å². The molecule has 0 fully saturated rings. The van der Waals surface area contributed by atoms with E-state index in [0.717, 1.165) is 0 Å². The van der Waals surface area contributed by atoms with Gasteiger partial charge < -0.3 is 0 Å². The Balaban J connectivity index is 4.66. The topological polar surface area (TPSA) is 102 Å². The summed E-state index contributed by atoms with van der Waals surface area (Å²) in [7, 11) is -4.66. The van der Waals surface area contributed by atoms with Gasteiger partial charge in [-0.05, 0) is 32.9 Å². The lowest BCUT2D eigenvalue weighted by Gasteiger charge is -2.35. The molecule has 0 unspecified atom stereocenters. The largest absolute Gasteiger partial charge is 0.295 e. The lowest BCUT2D eigenvalue weighted by Crippen LogP contribution is -2.30. The highest BCUT2D eigenvalue weighted by Gasteiger charge is 2.40. The van der Waals surface area contributed by atoms with Crippen LogP contribution in [-0.2, 0) is 26.4 Å². The van der Waals surface area contributed by atoms with Gasteiger partial charge in [-0.3, -0.25) is 4.55 Å². The first-order chi connectivity index (χ1) is 11.4. The third-order valence-electron chi connectivity index (χ3n) is 4.19. The maximum absolute atomic E-state index is 12.4. The zero-order valence-corrected chi connectivity index (χ0v) is 17.9. The molecule has 0 saturated carbocycles. The first kappa shape index (κ1) is 22.2. The summed E-state index contributed by atoms with van der Waals surface area (Å²) in [5, 5.41) is 19.8. The molecule has 0 spiro atoms. The van der Waals surface area contributed by atoms with Gasteiger partial charge in [0.25, 0.3) is 10.1 Å². The minimum Gasteiger partial charge on any atom is -0.282 e. The maximum atomic E-state index is 12.4. The molecule has 26 heavy (non-hydrogen) atoms. The van der Waals surface area contributed by atoms with E-state index in [4.69, 9.17) is 0 Å². The normalized spacial score (nSPS) is 13.2. The predicted molar refractivity (Wildman–Crippen MR) is 102 cm³/mol. The quantitative estimate of drug-likeness (QED) is 0.723. The Hall–Kier alpha value is -1.89. The Morgan fingerprint density at radius 1 is 0.692 bits per heavy atom. The van der Waals surface area contributed by atoms with Crippen molar-refractivity contribution in [3.63, 3.8) is 0 Å². The molecule has 0 saturated heterocycles. The molecular weight excluding hydrogens is 348 g/mol. The van der Waals surface area contributed by atoms with Gasteiger partial charge in [0.15, 0.2) is 0 Å². The predicted octanol–water partition coefficient (Wildman–Crippen LogP) is 4.57. The summed E-state index contributed by atoms with van der Waals surface area (Å²) in [5.74, 6) is 0. The van der Waals surface area contributed by atoms with E-state index in [9.17, 15) is 23.5 Å². The van der Waals surface area contributed by atoms with Crippen molar-refractivity contribution < 1.29 is 13.0 Å². The van der Waals surface area contributed by atoms with Gasteiger partial charge in [0.05, 0.1) is 23.3 Å². The smallest absolute Gasteiger partial charge is 0.282 e. The molecule has 0 bridgehead atoms. The van der Waals surface area contributed by atoms with Crippen LogP contribution in [-0.4, -0.2) is 13.0 Å². The average molecular weight is 377 g/mol. The maximum Gasteiger partial charge on any atom is 0.295 e. The summed E-state index contributed by atoms with van der Waals surface area (Å²) < 4.78 is 34.9. The van der Waals surface area contributed by atoms with Crippen LogP contribution in [0.1, 0.15) is 90.1 Å². The molecule has 0 aliphatic heterocycles. The number of benzene rings is 1. The van der Waals surface area contributed by atoms with E-state index in [1.54, 1.807) is 41.5 Å². The van der Waals surface area contributed by atoms with Gasteiger partial charge in [-0.1, -0.05) is 62.3 Å². The third kappa shape index (κ3) is 3.92. The van der Waals surface area contributed by atoms with Crippen molar-refractivity contribution in [3.05, 3.63) is 27.8 Å². The fourth-order valence-electron chi connectivity index (χ4n) is 3.39.